The lowest BCUT2D eigenvalue weighted by molar-refractivity contribution is -0.132. The first-order valence-corrected chi connectivity index (χ1v) is 6.98. The molecular weight excluding hydrogens is 289 g/mol. The molecule has 2 nitrogen and oxygen atoms in total. The van der Waals surface area contributed by atoms with Gasteiger partial charge in [0.15, 0.2) is 0 Å². The van der Waals surface area contributed by atoms with Gasteiger partial charge in [-0.15, -0.1) is 0 Å². The summed E-state index contributed by atoms with van der Waals surface area (Å²) in [5, 5.41) is 3.81. The maximum absolute atomic E-state index is 12.2. The van der Waals surface area contributed by atoms with Crippen molar-refractivity contribution in [3.63, 3.8) is 0 Å². The van der Waals surface area contributed by atoms with Crippen molar-refractivity contribution < 1.29 is 13.2 Å². The molecule has 0 unspecified atom stereocenters. The van der Waals surface area contributed by atoms with Crippen LogP contribution >= 0.6 is 11.6 Å². The van der Waals surface area contributed by atoms with Gasteiger partial charge in [0.2, 0.25) is 0 Å². The van der Waals surface area contributed by atoms with Crippen LogP contribution in [0.15, 0.2) is 18.2 Å². The fraction of sp³-hybridized carbons (Fsp3) is 0.571. The van der Waals surface area contributed by atoms with E-state index in [0.717, 1.165) is 18.5 Å². The van der Waals surface area contributed by atoms with Crippen molar-refractivity contribution in [3.05, 3.63) is 28.8 Å². The van der Waals surface area contributed by atoms with E-state index >= 15 is 0 Å². The number of halogens is 4. The lowest BCUT2D eigenvalue weighted by atomic mass is 10.2. The molecule has 0 spiro atoms. The first-order valence-electron chi connectivity index (χ1n) is 6.60. The van der Waals surface area contributed by atoms with Crippen molar-refractivity contribution in [2.45, 2.75) is 32.5 Å². The molecule has 114 valence electrons. The maximum Gasteiger partial charge on any atom is 0.390 e. The van der Waals surface area contributed by atoms with Gasteiger partial charge in [0.25, 0.3) is 0 Å². The van der Waals surface area contributed by atoms with Crippen molar-refractivity contribution in [1.29, 1.82) is 0 Å². The van der Waals surface area contributed by atoms with Crippen LogP contribution < -0.4 is 10.2 Å². The fourth-order valence-electron chi connectivity index (χ4n) is 1.74. The van der Waals surface area contributed by atoms with Gasteiger partial charge in [0.05, 0.1) is 6.42 Å². The van der Waals surface area contributed by atoms with Gasteiger partial charge >= 0.3 is 6.18 Å². The summed E-state index contributed by atoms with van der Waals surface area (Å²) in [7, 11) is 1.63. The first kappa shape index (κ1) is 17.1. The zero-order chi connectivity index (χ0) is 15.2. The Labute approximate surface area is 122 Å². The first-order chi connectivity index (χ1) is 9.33. The molecule has 0 amide bonds. The molecular formula is C14H20ClF3N2. The summed E-state index contributed by atoms with van der Waals surface area (Å²) in [4.78, 5) is 1.56. The van der Waals surface area contributed by atoms with Crippen LogP contribution in [0.1, 0.15) is 25.3 Å². The molecule has 0 aromatic heterocycles. The minimum atomic E-state index is -4.14. The molecule has 0 atom stereocenters. The van der Waals surface area contributed by atoms with Gasteiger partial charge in [-0.1, -0.05) is 24.6 Å². The molecule has 0 saturated heterocycles. The maximum atomic E-state index is 12.2. The highest BCUT2D eigenvalue weighted by Crippen LogP contribution is 2.25. The van der Waals surface area contributed by atoms with Crippen molar-refractivity contribution in [2.24, 2.45) is 0 Å². The number of nitrogens with zero attached hydrogens (tertiary/aromatic N) is 1. The van der Waals surface area contributed by atoms with E-state index in [9.17, 15) is 13.2 Å². The van der Waals surface area contributed by atoms with Crippen molar-refractivity contribution in [3.8, 4) is 0 Å². The standard InChI is InChI=1S/C14H20ClF3N2/c1-3-7-19-10-11-4-5-12(9-13(11)15)20(2)8-6-14(16,17)18/h4-5,9,19H,3,6-8,10H2,1-2H3. The lowest BCUT2D eigenvalue weighted by Gasteiger charge is -2.21. The van der Waals surface area contributed by atoms with Gasteiger partial charge in [-0.25, -0.2) is 0 Å². The van der Waals surface area contributed by atoms with Crippen LogP contribution in [0.5, 0.6) is 0 Å². The molecule has 0 radical (unpaired) electrons. The lowest BCUT2D eigenvalue weighted by Crippen LogP contribution is -2.24. The molecule has 1 rings (SSSR count). The molecule has 0 aliphatic heterocycles. The molecule has 0 aliphatic rings. The van der Waals surface area contributed by atoms with E-state index in [1.165, 1.54) is 0 Å². The normalized spacial score (nSPS) is 11.7. The predicted octanol–water partition coefficient (Wildman–Crippen LogP) is 4.23. The average molecular weight is 309 g/mol. The second-order valence-corrected chi connectivity index (χ2v) is 5.15. The van der Waals surface area contributed by atoms with Gasteiger partial charge < -0.3 is 10.2 Å². The molecule has 6 heteroatoms. The monoisotopic (exact) mass is 308 g/mol. The largest absolute Gasteiger partial charge is 0.390 e. The Balaban J connectivity index is 2.61. The topological polar surface area (TPSA) is 15.3 Å². The number of anilines is 1. The van der Waals surface area contributed by atoms with Crippen molar-refractivity contribution >= 4 is 17.3 Å². The molecule has 1 aromatic rings. The highest BCUT2D eigenvalue weighted by atomic mass is 35.5. The van der Waals surface area contributed by atoms with Gasteiger partial charge in [-0.2, -0.15) is 13.2 Å². The summed E-state index contributed by atoms with van der Waals surface area (Å²) in [5.41, 5.74) is 1.64. The molecule has 0 heterocycles. The third-order valence-corrected chi connectivity index (χ3v) is 3.30. The minimum Gasteiger partial charge on any atom is -0.374 e. The van der Waals surface area contributed by atoms with Crippen LogP contribution in [-0.4, -0.2) is 26.3 Å². The van der Waals surface area contributed by atoms with E-state index in [1.54, 1.807) is 24.1 Å². The van der Waals surface area contributed by atoms with E-state index in [2.05, 4.69) is 12.2 Å². The molecule has 0 saturated carbocycles. The fourth-order valence-corrected chi connectivity index (χ4v) is 1.98. The molecule has 1 N–H and O–H groups in total. The summed E-state index contributed by atoms with van der Waals surface area (Å²) in [6.07, 6.45) is -3.93. The van der Waals surface area contributed by atoms with E-state index < -0.39 is 12.6 Å². The van der Waals surface area contributed by atoms with Crippen molar-refractivity contribution in [2.75, 3.05) is 25.0 Å². The Morgan fingerprint density at radius 2 is 2.00 bits per heavy atom. The number of hydrogen-bond donors (Lipinski definition) is 1. The zero-order valence-electron chi connectivity index (χ0n) is 11.7. The number of hydrogen-bond acceptors (Lipinski definition) is 2. The van der Waals surface area contributed by atoms with Gasteiger partial charge in [0, 0.05) is 30.8 Å². The van der Waals surface area contributed by atoms with Gasteiger partial charge in [0.1, 0.15) is 0 Å². The quantitative estimate of drug-likeness (QED) is 0.758. The number of rotatable bonds is 7. The third kappa shape index (κ3) is 6.01. The van der Waals surface area contributed by atoms with Crippen molar-refractivity contribution in [1.82, 2.24) is 5.32 Å². The Kier molecular flexibility index (Phi) is 6.62. The third-order valence-electron chi connectivity index (χ3n) is 2.95. The van der Waals surface area contributed by atoms with Crippen LogP contribution in [-0.2, 0) is 6.54 Å². The second-order valence-electron chi connectivity index (χ2n) is 4.74. The van der Waals surface area contributed by atoms with Crippen LogP contribution in [0.2, 0.25) is 5.02 Å². The summed E-state index contributed by atoms with van der Waals surface area (Å²) in [6.45, 7) is 3.57. The Morgan fingerprint density at radius 1 is 1.30 bits per heavy atom. The predicted molar refractivity (Wildman–Crippen MR) is 77.4 cm³/mol. The van der Waals surface area contributed by atoms with E-state index in [-0.39, 0.29) is 6.54 Å². The number of benzene rings is 1. The molecule has 1 aromatic carbocycles. The highest BCUT2D eigenvalue weighted by molar-refractivity contribution is 6.31. The Bertz CT molecular complexity index is 421. The summed E-state index contributed by atoms with van der Waals surface area (Å²) in [6, 6.07) is 5.36. The summed E-state index contributed by atoms with van der Waals surface area (Å²) >= 11 is 6.15. The molecule has 0 aliphatic carbocycles. The average Bonchev–Trinajstić information content (AvgIpc) is 2.37. The van der Waals surface area contributed by atoms with E-state index in [0.29, 0.717) is 17.3 Å². The van der Waals surface area contributed by atoms with Crippen LogP contribution in [0, 0.1) is 0 Å². The summed E-state index contributed by atoms with van der Waals surface area (Å²) < 4.78 is 36.6. The SMILES string of the molecule is CCCNCc1ccc(N(C)CCC(F)(F)F)cc1Cl. The summed E-state index contributed by atoms with van der Waals surface area (Å²) in [5.74, 6) is 0. The van der Waals surface area contributed by atoms with Crippen LogP contribution in [0.3, 0.4) is 0 Å². The Hall–Kier alpha value is -0.940. The highest BCUT2D eigenvalue weighted by Gasteiger charge is 2.27. The minimum absolute atomic E-state index is 0.0761. The van der Waals surface area contributed by atoms with Gasteiger partial charge in [-0.05, 0) is 30.7 Å². The van der Waals surface area contributed by atoms with E-state index in [1.807, 2.05) is 6.07 Å². The van der Waals surface area contributed by atoms with Gasteiger partial charge in [-0.3, -0.25) is 0 Å². The molecule has 0 fully saturated rings. The Morgan fingerprint density at radius 3 is 2.55 bits per heavy atom. The van der Waals surface area contributed by atoms with E-state index in [4.69, 9.17) is 11.6 Å². The smallest absolute Gasteiger partial charge is 0.374 e. The van der Waals surface area contributed by atoms with Crippen LogP contribution in [0.25, 0.3) is 0 Å². The molecule has 20 heavy (non-hydrogen) atoms. The molecule has 0 bridgehead atoms. The second kappa shape index (κ2) is 7.74. The number of nitrogens with one attached hydrogen (secondary N) is 1. The van der Waals surface area contributed by atoms with Crippen LogP contribution in [0.4, 0.5) is 18.9 Å². The number of alkyl halides is 3. The zero-order valence-corrected chi connectivity index (χ0v) is 12.5.